The average molecular weight is 199 g/mol. The summed E-state index contributed by atoms with van der Waals surface area (Å²) in [6, 6.07) is 0. The van der Waals surface area contributed by atoms with Crippen LogP contribution in [0.1, 0.15) is 39.5 Å². The standard InChI is InChI=1S/C11H21NS/c1-10(2)7-11(12,8-10)9-4-3-5-13-6-9/h9H,3-8,12H2,1-2H3. The molecular formula is C11H21NS. The first-order valence-corrected chi connectivity index (χ1v) is 6.54. The third-order valence-corrected chi connectivity index (χ3v) is 4.80. The molecule has 13 heavy (non-hydrogen) atoms. The van der Waals surface area contributed by atoms with Crippen LogP contribution < -0.4 is 5.73 Å². The summed E-state index contributed by atoms with van der Waals surface area (Å²) in [5, 5.41) is 0. The zero-order chi connectivity index (χ0) is 9.53. The van der Waals surface area contributed by atoms with Crippen LogP contribution in [0.25, 0.3) is 0 Å². The molecule has 2 N–H and O–H groups in total. The predicted molar refractivity (Wildman–Crippen MR) is 60.0 cm³/mol. The molecule has 0 aromatic rings. The largest absolute Gasteiger partial charge is 0.325 e. The molecule has 0 radical (unpaired) electrons. The van der Waals surface area contributed by atoms with Crippen molar-refractivity contribution in [2.75, 3.05) is 11.5 Å². The van der Waals surface area contributed by atoms with E-state index in [9.17, 15) is 0 Å². The minimum absolute atomic E-state index is 0.205. The molecule has 0 aromatic heterocycles. The van der Waals surface area contributed by atoms with Crippen LogP contribution in [0.15, 0.2) is 0 Å². The fraction of sp³-hybridized carbons (Fsp3) is 1.00. The Morgan fingerprint density at radius 2 is 2.00 bits per heavy atom. The van der Waals surface area contributed by atoms with Crippen LogP contribution in [0.2, 0.25) is 0 Å². The van der Waals surface area contributed by atoms with E-state index in [1.807, 2.05) is 0 Å². The maximum atomic E-state index is 6.44. The van der Waals surface area contributed by atoms with E-state index >= 15 is 0 Å². The van der Waals surface area contributed by atoms with Gasteiger partial charge in [-0.05, 0) is 48.5 Å². The molecule has 1 aliphatic carbocycles. The van der Waals surface area contributed by atoms with Gasteiger partial charge in [-0.2, -0.15) is 11.8 Å². The van der Waals surface area contributed by atoms with Gasteiger partial charge in [-0.25, -0.2) is 0 Å². The summed E-state index contributed by atoms with van der Waals surface area (Å²) in [6.45, 7) is 4.68. The second kappa shape index (κ2) is 3.16. The summed E-state index contributed by atoms with van der Waals surface area (Å²) in [5.41, 5.74) is 7.17. The quantitative estimate of drug-likeness (QED) is 0.702. The van der Waals surface area contributed by atoms with Gasteiger partial charge in [0.15, 0.2) is 0 Å². The molecule has 1 nitrogen and oxygen atoms in total. The van der Waals surface area contributed by atoms with Gasteiger partial charge >= 0.3 is 0 Å². The number of rotatable bonds is 1. The molecule has 0 aromatic carbocycles. The highest BCUT2D eigenvalue weighted by atomic mass is 32.2. The lowest BCUT2D eigenvalue weighted by molar-refractivity contribution is 0.0201. The Balaban J connectivity index is 1.93. The van der Waals surface area contributed by atoms with Gasteiger partial charge in [0.1, 0.15) is 0 Å². The molecule has 2 heteroatoms. The number of nitrogens with two attached hydrogens (primary N) is 1. The highest BCUT2D eigenvalue weighted by Gasteiger charge is 2.50. The Labute approximate surface area is 85.8 Å². The van der Waals surface area contributed by atoms with Crippen molar-refractivity contribution in [1.29, 1.82) is 0 Å². The maximum absolute atomic E-state index is 6.44. The molecule has 76 valence electrons. The lowest BCUT2D eigenvalue weighted by Crippen LogP contribution is -2.61. The number of thioether (sulfide) groups is 1. The highest BCUT2D eigenvalue weighted by Crippen LogP contribution is 2.52. The first kappa shape index (κ1) is 9.85. The number of hydrogen-bond acceptors (Lipinski definition) is 2. The molecule has 1 unspecified atom stereocenters. The van der Waals surface area contributed by atoms with Gasteiger partial charge < -0.3 is 5.73 Å². The van der Waals surface area contributed by atoms with Crippen molar-refractivity contribution in [2.24, 2.45) is 17.1 Å². The summed E-state index contributed by atoms with van der Waals surface area (Å²) < 4.78 is 0. The first-order valence-electron chi connectivity index (χ1n) is 5.39. The summed E-state index contributed by atoms with van der Waals surface area (Å²) in [4.78, 5) is 0. The Hall–Kier alpha value is 0.310. The lowest BCUT2D eigenvalue weighted by atomic mass is 9.55. The third-order valence-electron chi connectivity index (χ3n) is 3.59. The van der Waals surface area contributed by atoms with Crippen LogP contribution in [-0.2, 0) is 0 Å². The highest BCUT2D eigenvalue weighted by molar-refractivity contribution is 7.99. The molecule has 1 saturated carbocycles. The van der Waals surface area contributed by atoms with Gasteiger partial charge in [0.25, 0.3) is 0 Å². The minimum Gasteiger partial charge on any atom is -0.325 e. The van der Waals surface area contributed by atoms with E-state index in [2.05, 4.69) is 25.6 Å². The summed E-state index contributed by atoms with van der Waals surface area (Å²) >= 11 is 2.10. The molecule has 2 fully saturated rings. The normalized spacial score (nSPS) is 36.7. The molecule has 0 amide bonds. The van der Waals surface area contributed by atoms with Gasteiger partial charge in [0.2, 0.25) is 0 Å². The average Bonchev–Trinajstić information content (AvgIpc) is 2.02. The predicted octanol–water partition coefficient (Wildman–Crippen LogP) is 2.65. The maximum Gasteiger partial charge on any atom is 0.0201 e. The number of hydrogen-bond donors (Lipinski definition) is 1. The van der Waals surface area contributed by atoms with E-state index in [0.29, 0.717) is 5.41 Å². The van der Waals surface area contributed by atoms with Crippen LogP contribution in [0.3, 0.4) is 0 Å². The van der Waals surface area contributed by atoms with Crippen LogP contribution in [0.5, 0.6) is 0 Å². The minimum atomic E-state index is 0.205. The van der Waals surface area contributed by atoms with E-state index in [-0.39, 0.29) is 5.54 Å². The van der Waals surface area contributed by atoms with Gasteiger partial charge in [-0.1, -0.05) is 13.8 Å². The second-order valence-corrected chi connectivity index (χ2v) is 6.81. The van der Waals surface area contributed by atoms with Crippen LogP contribution in [0.4, 0.5) is 0 Å². The van der Waals surface area contributed by atoms with Crippen LogP contribution >= 0.6 is 11.8 Å². The molecule has 1 atom stereocenters. The van der Waals surface area contributed by atoms with Crippen molar-refractivity contribution >= 4 is 11.8 Å². The van der Waals surface area contributed by atoms with Gasteiger partial charge in [0, 0.05) is 5.54 Å². The fourth-order valence-electron chi connectivity index (χ4n) is 3.21. The molecule has 0 spiro atoms. The molecule has 1 heterocycles. The van der Waals surface area contributed by atoms with E-state index in [0.717, 1.165) is 5.92 Å². The zero-order valence-electron chi connectivity index (χ0n) is 8.81. The second-order valence-electron chi connectivity index (χ2n) is 5.66. The summed E-state index contributed by atoms with van der Waals surface area (Å²) in [7, 11) is 0. The first-order chi connectivity index (χ1) is 6.02. The van der Waals surface area contributed by atoms with Crippen molar-refractivity contribution in [3.63, 3.8) is 0 Å². The van der Waals surface area contributed by atoms with Crippen LogP contribution in [0, 0.1) is 11.3 Å². The Bertz CT molecular complexity index is 186. The monoisotopic (exact) mass is 199 g/mol. The van der Waals surface area contributed by atoms with Gasteiger partial charge in [-0.3, -0.25) is 0 Å². The zero-order valence-corrected chi connectivity index (χ0v) is 9.62. The van der Waals surface area contributed by atoms with Crippen LogP contribution in [-0.4, -0.2) is 17.0 Å². The van der Waals surface area contributed by atoms with Crippen molar-refractivity contribution < 1.29 is 0 Å². The van der Waals surface area contributed by atoms with Gasteiger partial charge in [-0.15, -0.1) is 0 Å². The van der Waals surface area contributed by atoms with Crippen molar-refractivity contribution in [2.45, 2.75) is 45.1 Å². The van der Waals surface area contributed by atoms with E-state index in [4.69, 9.17) is 5.73 Å². The van der Waals surface area contributed by atoms with Crippen molar-refractivity contribution in [1.82, 2.24) is 0 Å². The van der Waals surface area contributed by atoms with Crippen molar-refractivity contribution in [3.05, 3.63) is 0 Å². The van der Waals surface area contributed by atoms with E-state index in [1.165, 1.54) is 37.2 Å². The fourth-order valence-corrected chi connectivity index (χ4v) is 4.53. The van der Waals surface area contributed by atoms with Gasteiger partial charge in [0.05, 0.1) is 0 Å². The van der Waals surface area contributed by atoms with E-state index < -0.39 is 0 Å². The summed E-state index contributed by atoms with van der Waals surface area (Å²) in [5.74, 6) is 3.47. The molecule has 0 bridgehead atoms. The Morgan fingerprint density at radius 1 is 1.31 bits per heavy atom. The molecule has 2 aliphatic rings. The topological polar surface area (TPSA) is 26.0 Å². The molecule has 1 saturated heterocycles. The third kappa shape index (κ3) is 1.89. The Kier molecular flexibility index (Phi) is 2.40. The lowest BCUT2D eigenvalue weighted by Gasteiger charge is -2.55. The summed E-state index contributed by atoms with van der Waals surface area (Å²) in [6.07, 6.45) is 5.24. The van der Waals surface area contributed by atoms with E-state index in [1.54, 1.807) is 0 Å². The SMILES string of the molecule is CC1(C)CC(N)(C2CCCSC2)C1. The molecular weight excluding hydrogens is 178 g/mol. The smallest absolute Gasteiger partial charge is 0.0201 e. The van der Waals surface area contributed by atoms with Crippen molar-refractivity contribution in [3.8, 4) is 0 Å². The Morgan fingerprint density at radius 3 is 2.46 bits per heavy atom. The molecule has 1 aliphatic heterocycles. The molecule has 2 rings (SSSR count).